The molecule has 1 aliphatic heterocycles. The monoisotopic (exact) mass is 485 g/mol. The van der Waals surface area contributed by atoms with Crippen molar-refractivity contribution in [2.45, 2.75) is 12.4 Å². The molecular weight excluding hydrogens is 476 g/mol. The van der Waals surface area contributed by atoms with Crippen molar-refractivity contribution >= 4 is 23.2 Å². The fourth-order valence-corrected chi connectivity index (χ4v) is 3.93. The van der Waals surface area contributed by atoms with Crippen molar-refractivity contribution in [3.05, 3.63) is 78.6 Å². The molecule has 3 aromatic rings. The highest BCUT2D eigenvalue weighted by Gasteiger charge is 2.45. The fourth-order valence-electron chi connectivity index (χ4n) is 3.09. The number of aromatic hydroxyl groups is 1. The van der Waals surface area contributed by atoms with Gasteiger partial charge < -0.3 is 5.11 Å². The normalized spacial score (nSPS) is 13.7. The number of hydrogen-bond donors (Lipinski definition) is 1. The first kappa shape index (κ1) is 22.4. The zero-order valence-electron chi connectivity index (χ0n) is 15.9. The molecule has 0 saturated carbocycles. The van der Waals surface area contributed by atoms with Gasteiger partial charge in [-0.05, 0) is 33.9 Å². The highest BCUT2D eigenvalue weighted by atomic mass is 32.1. The van der Waals surface area contributed by atoms with Crippen LogP contribution in [0.4, 0.5) is 26.3 Å². The molecule has 0 aliphatic carbocycles. The number of thiazole rings is 1. The number of hydrogen-bond acceptors (Lipinski definition) is 7. The quantitative estimate of drug-likeness (QED) is 0.546. The number of nitrogens with zero attached hydrogens (tertiary/aromatic N) is 5. The Morgan fingerprint density at radius 1 is 0.909 bits per heavy atom. The molecule has 1 aromatic heterocycles. The van der Waals surface area contributed by atoms with Crippen LogP contribution in [-0.4, -0.2) is 9.67 Å². The molecule has 1 aliphatic rings. The molecule has 14 heteroatoms. The summed E-state index contributed by atoms with van der Waals surface area (Å²) in [5, 5.41) is 25.5. The molecule has 0 saturated heterocycles. The predicted octanol–water partition coefficient (Wildman–Crippen LogP) is 4.37. The van der Waals surface area contributed by atoms with Crippen molar-refractivity contribution in [2.75, 3.05) is 0 Å². The van der Waals surface area contributed by atoms with Gasteiger partial charge in [-0.2, -0.15) is 26.3 Å². The highest BCUT2D eigenvalue weighted by molar-refractivity contribution is 7.10. The molecule has 7 nitrogen and oxygen atoms in total. The van der Waals surface area contributed by atoms with Crippen molar-refractivity contribution in [1.29, 1.82) is 0 Å². The molecule has 4 rings (SSSR count). The van der Waals surface area contributed by atoms with E-state index in [0.717, 1.165) is 6.07 Å². The topological polar surface area (TPSA) is 91.7 Å². The maximum Gasteiger partial charge on any atom is 0.419 e. The third kappa shape index (κ3) is 4.28. The van der Waals surface area contributed by atoms with E-state index in [1.54, 1.807) is 24.3 Å². The van der Waals surface area contributed by atoms with Crippen molar-refractivity contribution in [2.24, 2.45) is 20.7 Å². The molecule has 0 amide bonds. The summed E-state index contributed by atoms with van der Waals surface area (Å²) in [5.74, 6) is -0.670. The van der Waals surface area contributed by atoms with Crippen LogP contribution in [0.25, 0.3) is 17.6 Å². The summed E-state index contributed by atoms with van der Waals surface area (Å²) in [4.78, 5) is 11.2. The van der Waals surface area contributed by atoms with Crippen LogP contribution in [0.3, 0.4) is 0 Å². The van der Waals surface area contributed by atoms with Gasteiger partial charge in [0.25, 0.3) is 0 Å². The van der Waals surface area contributed by atoms with E-state index in [2.05, 4.69) is 20.7 Å². The lowest BCUT2D eigenvalue weighted by Gasteiger charge is -2.19. The van der Waals surface area contributed by atoms with Gasteiger partial charge in [0, 0.05) is 5.22 Å². The molecule has 0 unspecified atom stereocenters. The number of aromatic nitrogens is 1. The molecule has 0 bridgehead atoms. The van der Waals surface area contributed by atoms with E-state index in [4.69, 9.17) is 0 Å². The summed E-state index contributed by atoms with van der Waals surface area (Å²) < 4.78 is 80.6. The second kappa shape index (κ2) is 7.95. The van der Waals surface area contributed by atoms with Gasteiger partial charge in [0.2, 0.25) is 11.7 Å². The minimum absolute atomic E-state index is 0.147. The Morgan fingerprint density at radius 3 is 2.12 bits per heavy atom. The number of halogens is 6. The molecule has 170 valence electrons. The Kier molecular flexibility index (Phi) is 5.40. The van der Waals surface area contributed by atoms with Crippen LogP contribution in [-0.2, 0) is 12.4 Å². The zero-order chi connectivity index (χ0) is 24.0. The minimum atomic E-state index is -5.44. The summed E-state index contributed by atoms with van der Waals surface area (Å²) in [6.45, 7) is 0. The summed E-state index contributed by atoms with van der Waals surface area (Å²) in [5.41, 5.74) is -5.16. The van der Waals surface area contributed by atoms with Gasteiger partial charge in [-0.25, -0.2) is 4.57 Å². The smallest absolute Gasteiger partial charge is 0.419 e. The van der Waals surface area contributed by atoms with Gasteiger partial charge in [0.1, 0.15) is 0 Å². The first-order valence-corrected chi connectivity index (χ1v) is 9.65. The fraction of sp³-hybridized carbons (Fsp3) is 0.105. The van der Waals surface area contributed by atoms with Crippen LogP contribution in [0.15, 0.2) is 67.9 Å². The predicted molar refractivity (Wildman–Crippen MR) is 104 cm³/mol. The van der Waals surface area contributed by atoms with E-state index in [-0.39, 0.29) is 21.3 Å². The SMILES string of the molecule is O=c1sc(C=c2ccc(=C3N=NN=N3)cc2)c(O)n1-c1cccc(C(F)(F)F)c1C(F)(F)F. The maximum absolute atomic E-state index is 13.6. The highest BCUT2D eigenvalue weighted by Crippen LogP contribution is 2.44. The van der Waals surface area contributed by atoms with Gasteiger partial charge in [0.05, 0.1) is 21.7 Å². The third-order valence-electron chi connectivity index (χ3n) is 4.47. The minimum Gasteiger partial charge on any atom is -0.493 e. The van der Waals surface area contributed by atoms with E-state index in [1.807, 2.05) is 0 Å². The molecule has 33 heavy (non-hydrogen) atoms. The number of rotatable bonds is 2. The maximum atomic E-state index is 13.6. The molecule has 1 N–H and O–H groups in total. The van der Waals surface area contributed by atoms with Crippen molar-refractivity contribution in [1.82, 2.24) is 4.57 Å². The third-order valence-corrected chi connectivity index (χ3v) is 5.35. The molecule has 2 heterocycles. The van der Waals surface area contributed by atoms with Crippen LogP contribution in [0.2, 0.25) is 0 Å². The largest absolute Gasteiger partial charge is 0.493 e. The average Bonchev–Trinajstić information content (AvgIpc) is 3.35. The lowest BCUT2D eigenvalue weighted by Crippen LogP contribution is -2.22. The van der Waals surface area contributed by atoms with E-state index in [1.165, 1.54) is 6.08 Å². The molecular formula is C19H9F6N5O2S. The Morgan fingerprint density at radius 2 is 1.55 bits per heavy atom. The van der Waals surface area contributed by atoms with Crippen LogP contribution in [0, 0.1) is 0 Å². The summed E-state index contributed by atoms with van der Waals surface area (Å²) in [7, 11) is 0. The molecule has 2 aromatic carbocycles. The van der Waals surface area contributed by atoms with Gasteiger partial charge in [-0.1, -0.05) is 41.7 Å². The van der Waals surface area contributed by atoms with Crippen molar-refractivity contribution in [3.8, 4) is 11.6 Å². The summed E-state index contributed by atoms with van der Waals surface area (Å²) in [6, 6.07) is 7.93. The van der Waals surface area contributed by atoms with Crippen LogP contribution in [0.5, 0.6) is 5.88 Å². The number of benzene rings is 2. The Balaban J connectivity index is 1.87. The van der Waals surface area contributed by atoms with E-state index in [9.17, 15) is 36.2 Å². The average molecular weight is 485 g/mol. The first-order valence-electron chi connectivity index (χ1n) is 8.83. The first-order chi connectivity index (χ1) is 15.5. The Labute approximate surface area is 183 Å². The van der Waals surface area contributed by atoms with E-state index >= 15 is 0 Å². The lowest BCUT2D eigenvalue weighted by atomic mass is 10.0. The van der Waals surface area contributed by atoms with E-state index < -0.39 is 39.9 Å². The van der Waals surface area contributed by atoms with Crippen LogP contribution < -0.4 is 15.3 Å². The Hall–Kier alpha value is -3.81. The van der Waals surface area contributed by atoms with Gasteiger partial charge in [-0.3, -0.25) is 4.79 Å². The second-order valence-corrected chi connectivity index (χ2v) is 7.55. The summed E-state index contributed by atoms with van der Waals surface area (Å²) in [6.07, 6.45) is -9.48. The molecule has 0 fully saturated rings. The summed E-state index contributed by atoms with van der Waals surface area (Å²) >= 11 is 0.374. The zero-order valence-corrected chi connectivity index (χ0v) is 16.7. The van der Waals surface area contributed by atoms with Crippen molar-refractivity contribution < 1.29 is 31.4 Å². The van der Waals surface area contributed by atoms with Crippen molar-refractivity contribution in [3.63, 3.8) is 0 Å². The lowest BCUT2D eigenvalue weighted by molar-refractivity contribution is -0.162. The van der Waals surface area contributed by atoms with Crippen LogP contribution in [0.1, 0.15) is 16.0 Å². The van der Waals surface area contributed by atoms with Gasteiger partial charge >= 0.3 is 17.2 Å². The molecule has 0 atom stereocenters. The van der Waals surface area contributed by atoms with E-state index in [0.29, 0.717) is 27.8 Å². The molecule has 0 spiro atoms. The van der Waals surface area contributed by atoms with Crippen LogP contribution >= 0.6 is 11.3 Å². The standard InChI is InChI=1S/C19H9F6N5O2S/c20-18(21,22)11-2-1-3-12(14(11)19(23,24)25)30-16(31)13(33-17(30)32)8-9-4-6-10(7-5-9)15-26-28-29-27-15/h1-8,31H. The Bertz CT molecular complexity index is 1450. The van der Waals surface area contributed by atoms with Gasteiger partial charge in [-0.15, -0.1) is 10.2 Å². The second-order valence-electron chi connectivity index (χ2n) is 6.56. The van der Waals surface area contributed by atoms with Gasteiger partial charge in [0.15, 0.2) is 0 Å². The molecule has 0 radical (unpaired) electrons. The number of alkyl halides is 6.